The minimum Gasteiger partial charge on any atom is -0.380 e. The van der Waals surface area contributed by atoms with Crippen LogP contribution in [0.25, 0.3) is 0 Å². The molecule has 6 nitrogen and oxygen atoms in total. The Kier molecular flexibility index (Phi) is 8.81. The van der Waals surface area contributed by atoms with Gasteiger partial charge in [-0.15, -0.1) is 24.0 Å². The molecule has 1 N–H and O–H groups in total. The Hall–Kier alpha value is -0.870. The van der Waals surface area contributed by atoms with Gasteiger partial charge in [0.25, 0.3) is 0 Å². The number of nitrogens with one attached hydrogen (secondary N) is 1. The number of ether oxygens (including phenoxy) is 1. The number of methoxy groups -OCH3 is 1. The smallest absolute Gasteiger partial charge is 0.194 e. The van der Waals surface area contributed by atoms with Crippen molar-refractivity contribution in [3.63, 3.8) is 0 Å². The zero-order chi connectivity index (χ0) is 18.5. The highest BCUT2D eigenvalue weighted by molar-refractivity contribution is 14.0. The van der Waals surface area contributed by atoms with E-state index in [1.807, 2.05) is 36.1 Å². The number of benzene rings is 1. The van der Waals surface area contributed by atoms with E-state index >= 15 is 0 Å². The summed E-state index contributed by atoms with van der Waals surface area (Å²) >= 11 is 0. The molecule has 1 aromatic carbocycles. The van der Waals surface area contributed by atoms with Crippen LogP contribution in [-0.2, 0) is 27.7 Å². The lowest BCUT2D eigenvalue weighted by Gasteiger charge is -2.39. The Morgan fingerprint density at radius 3 is 2.54 bits per heavy atom. The van der Waals surface area contributed by atoms with Crippen LogP contribution in [-0.4, -0.2) is 56.5 Å². The van der Waals surface area contributed by atoms with Gasteiger partial charge in [0.2, 0.25) is 0 Å². The van der Waals surface area contributed by atoms with Crippen molar-refractivity contribution in [3.8, 4) is 0 Å². The van der Waals surface area contributed by atoms with E-state index in [4.69, 9.17) is 9.73 Å². The van der Waals surface area contributed by atoms with Crippen LogP contribution < -0.4 is 5.32 Å². The van der Waals surface area contributed by atoms with Gasteiger partial charge >= 0.3 is 0 Å². The summed E-state index contributed by atoms with van der Waals surface area (Å²) in [7, 11) is -1.38. The highest BCUT2D eigenvalue weighted by atomic mass is 127. The third kappa shape index (κ3) is 5.56. The van der Waals surface area contributed by atoms with Gasteiger partial charge in [-0.25, -0.2) is 13.4 Å². The predicted molar refractivity (Wildman–Crippen MR) is 117 cm³/mol. The number of guanidine groups is 1. The normalized spacial score (nSPS) is 18.9. The summed E-state index contributed by atoms with van der Waals surface area (Å²) < 4.78 is 28.9. The van der Waals surface area contributed by atoms with Crippen molar-refractivity contribution < 1.29 is 13.2 Å². The summed E-state index contributed by atoms with van der Waals surface area (Å²) in [6, 6.07) is 8.07. The number of sulfone groups is 1. The molecule has 0 radical (unpaired) electrons. The molecule has 1 heterocycles. The maximum Gasteiger partial charge on any atom is 0.194 e. The SMILES string of the molecule is CCNC(=NCc1ccccc1COC)N1CCS(=O)(=O)C(C)(C)C1.I. The van der Waals surface area contributed by atoms with Crippen molar-refractivity contribution in [1.82, 2.24) is 10.2 Å². The van der Waals surface area contributed by atoms with Gasteiger partial charge in [0.1, 0.15) is 0 Å². The second-order valence-electron chi connectivity index (χ2n) is 6.87. The van der Waals surface area contributed by atoms with Crippen molar-refractivity contribution >= 4 is 39.8 Å². The third-order valence-corrected chi connectivity index (χ3v) is 7.03. The first kappa shape index (κ1) is 23.2. The molecule has 0 unspecified atom stereocenters. The van der Waals surface area contributed by atoms with Crippen molar-refractivity contribution in [2.24, 2.45) is 4.99 Å². The molecule has 0 amide bonds. The molecule has 1 saturated heterocycles. The van der Waals surface area contributed by atoms with Gasteiger partial charge in [-0.2, -0.15) is 0 Å². The lowest BCUT2D eigenvalue weighted by molar-refractivity contribution is 0.184. The summed E-state index contributed by atoms with van der Waals surface area (Å²) in [5.74, 6) is 0.919. The van der Waals surface area contributed by atoms with Crippen molar-refractivity contribution in [2.75, 3.05) is 32.5 Å². The monoisotopic (exact) mass is 495 g/mol. The molecule has 0 bridgehead atoms. The van der Waals surface area contributed by atoms with E-state index in [0.717, 1.165) is 23.6 Å². The van der Waals surface area contributed by atoms with Gasteiger partial charge in [-0.1, -0.05) is 24.3 Å². The standard InChI is InChI=1S/C18H29N3O3S.HI/c1-5-19-17(21-10-11-25(22,23)18(2,3)14-21)20-12-15-8-6-7-9-16(15)13-24-4;/h6-9H,5,10-14H2,1-4H3,(H,19,20);1H. The van der Waals surface area contributed by atoms with E-state index in [0.29, 0.717) is 26.2 Å². The number of halogens is 1. The molecule has 1 aliphatic heterocycles. The molecule has 0 spiro atoms. The first-order chi connectivity index (χ1) is 11.8. The predicted octanol–water partition coefficient (Wildman–Crippen LogP) is 2.43. The average Bonchev–Trinajstić information content (AvgIpc) is 2.56. The number of hydrogen-bond donors (Lipinski definition) is 1. The van der Waals surface area contributed by atoms with Gasteiger partial charge in [0.05, 0.1) is 23.7 Å². The molecule has 0 aliphatic carbocycles. The minimum absolute atomic E-state index is 0. The van der Waals surface area contributed by atoms with Crippen LogP contribution in [0.5, 0.6) is 0 Å². The molecule has 8 heteroatoms. The Labute approximate surface area is 174 Å². The maximum absolute atomic E-state index is 12.2. The maximum atomic E-state index is 12.2. The van der Waals surface area contributed by atoms with E-state index in [-0.39, 0.29) is 29.7 Å². The Morgan fingerprint density at radius 1 is 1.31 bits per heavy atom. The second-order valence-corrected chi connectivity index (χ2v) is 9.61. The molecule has 0 aromatic heterocycles. The van der Waals surface area contributed by atoms with E-state index in [1.54, 1.807) is 21.0 Å². The molecule has 148 valence electrons. The van der Waals surface area contributed by atoms with E-state index in [2.05, 4.69) is 5.32 Å². The van der Waals surface area contributed by atoms with Crippen LogP contribution in [0.15, 0.2) is 29.3 Å². The van der Waals surface area contributed by atoms with Crippen LogP contribution in [0.2, 0.25) is 0 Å². The fourth-order valence-electron chi connectivity index (χ4n) is 2.92. The van der Waals surface area contributed by atoms with Crippen LogP contribution >= 0.6 is 24.0 Å². The quantitative estimate of drug-likeness (QED) is 0.386. The van der Waals surface area contributed by atoms with Gasteiger partial charge in [-0.05, 0) is 31.9 Å². The van der Waals surface area contributed by atoms with Crippen LogP contribution in [0.4, 0.5) is 0 Å². The summed E-state index contributed by atoms with van der Waals surface area (Å²) in [5.41, 5.74) is 2.23. The van der Waals surface area contributed by atoms with Crippen molar-refractivity contribution in [2.45, 2.75) is 38.7 Å². The Balaban J connectivity index is 0.00000338. The summed E-state index contributed by atoms with van der Waals surface area (Å²) in [4.78, 5) is 6.79. The van der Waals surface area contributed by atoms with Gasteiger partial charge in [0.15, 0.2) is 15.8 Å². The second kappa shape index (κ2) is 9.89. The van der Waals surface area contributed by atoms with Crippen molar-refractivity contribution in [1.29, 1.82) is 0 Å². The molecular formula is C18H30IN3O3S. The zero-order valence-corrected chi connectivity index (χ0v) is 19.1. The highest BCUT2D eigenvalue weighted by Crippen LogP contribution is 2.24. The zero-order valence-electron chi connectivity index (χ0n) is 16.0. The van der Waals surface area contributed by atoms with E-state index in [1.165, 1.54) is 0 Å². The van der Waals surface area contributed by atoms with Crippen LogP contribution in [0.3, 0.4) is 0 Å². The third-order valence-electron chi connectivity index (χ3n) is 4.50. The molecule has 26 heavy (non-hydrogen) atoms. The number of nitrogens with zero attached hydrogens (tertiary/aromatic N) is 2. The topological polar surface area (TPSA) is 71.0 Å². The molecule has 1 aromatic rings. The molecule has 1 aliphatic rings. The molecule has 0 saturated carbocycles. The lowest BCUT2D eigenvalue weighted by Crippen LogP contribution is -2.57. The fourth-order valence-corrected chi connectivity index (χ4v) is 4.28. The van der Waals surface area contributed by atoms with Gasteiger partial charge in [-0.3, -0.25) is 0 Å². The lowest BCUT2D eigenvalue weighted by atomic mass is 10.1. The van der Waals surface area contributed by atoms with Gasteiger partial charge < -0.3 is 15.0 Å². The van der Waals surface area contributed by atoms with E-state index in [9.17, 15) is 8.42 Å². The first-order valence-corrected chi connectivity index (χ1v) is 10.3. The highest BCUT2D eigenvalue weighted by Gasteiger charge is 2.40. The van der Waals surface area contributed by atoms with Gasteiger partial charge in [0, 0.05) is 26.7 Å². The summed E-state index contributed by atoms with van der Waals surface area (Å²) in [5, 5.41) is 3.29. The van der Waals surface area contributed by atoms with Crippen LogP contribution in [0, 0.1) is 0 Å². The van der Waals surface area contributed by atoms with Crippen molar-refractivity contribution in [3.05, 3.63) is 35.4 Å². The van der Waals surface area contributed by atoms with Crippen LogP contribution in [0.1, 0.15) is 31.9 Å². The first-order valence-electron chi connectivity index (χ1n) is 8.62. The fraction of sp³-hybridized carbons (Fsp3) is 0.611. The van der Waals surface area contributed by atoms with E-state index < -0.39 is 14.6 Å². The molecule has 2 rings (SSSR count). The Bertz CT molecular complexity index is 720. The number of aliphatic imine (C=N–C) groups is 1. The molecular weight excluding hydrogens is 465 g/mol. The largest absolute Gasteiger partial charge is 0.380 e. The molecule has 1 fully saturated rings. The number of rotatable bonds is 5. The minimum atomic E-state index is -3.06. The molecule has 0 atom stereocenters. The number of hydrogen-bond acceptors (Lipinski definition) is 4. The Morgan fingerprint density at radius 2 is 1.96 bits per heavy atom. The summed E-state index contributed by atoms with van der Waals surface area (Å²) in [6.45, 7) is 8.32. The average molecular weight is 495 g/mol. The summed E-state index contributed by atoms with van der Waals surface area (Å²) in [6.07, 6.45) is 0.